The SMILES string of the molecule is Cc1ccc(-c2csc(C=Cc3ccsc3)n2)cc1. The molecule has 3 rings (SSSR count). The van der Waals surface area contributed by atoms with Gasteiger partial charge in [0.2, 0.25) is 0 Å². The number of nitrogens with zero attached hydrogens (tertiary/aromatic N) is 1. The number of benzene rings is 1. The fourth-order valence-corrected chi connectivity index (χ4v) is 3.11. The van der Waals surface area contributed by atoms with Crippen LogP contribution in [0.4, 0.5) is 0 Å². The third-order valence-corrected chi connectivity index (χ3v) is 4.34. The molecular weight excluding hydrogens is 270 g/mol. The molecule has 1 nitrogen and oxygen atoms in total. The number of aromatic nitrogens is 1. The van der Waals surface area contributed by atoms with Gasteiger partial charge in [-0.3, -0.25) is 0 Å². The Morgan fingerprint density at radius 1 is 1.00 bits per heavy atom. The van der Waals surface area contributed by atoms with Crippen molar-refractivity contribution in [1.82, 2.24) is 4.98 Å². The second kappa shape index (κ2) is 5.51. The Morgan fingerprint density at radius 3 is 2.58 bits per heavy atom. The topological polar surface area (TPSA) is 12.9 Å². The molecule has 0 N–H and O–H groups in total. The maximum atomic E-state index is 4.64. The van der Waals surface area contributed by atoms with Crippen LogP contribution in [0.25, 0.3) is 23.4 Å². The lowest BCUT2D eigenvalue weighted by molar-refractivity contribution is 1.37. The lowest BCUT2D eigenvalue weighted by Gasteiger charge is -1.96. The van der Waals surface area contributed by atoms with Crippen LogP contribution in [-0.4, -0.2) is 4.98 Å². The lowest BCUT2D eigenvalue weighted by atomic mass is 10.1. The number of rotatable bonds is 3. The molecule has 0 spiro atoms. The van der Waals surface area contributed by atoms with Crippen molar-refractivity contribution in [2.24, 2.45) is 0 Å². The lowest BCUT2D eigenvalue weighted by Crippen LogP contribution is -1.78. The average molecular weight is 283 g/mol. The minimum absolute atomic E-state index is 1.04. The van der Waals surface area contributed by atoms with Gasteiger partial charge in [-0.1, -0.05) is 35.9 Å². The van der Waals surface area contributed by atoms with Crippen molar-refractivity contribution in [3.63, 3.8) is 0 Å². The normalized spacial score (nSPS) is 11.2. The largest absolute Gasteiger partial charge is 0.237 e. The number of thiophene rings is 1. The first-order valence-corrected chi connectivity index (χ1v) is 7.86. The predicted molar refractivity (Wildman–Crippen MR) is 85.5 cm³/mol. The molecule has 0 unspecified atom stereocenters. The van der Waals surface area contributed by atoms with Crippen LogP contribution in [0.3, 0.4) is 0 Å². The Kier molecular flexibility index (Phi) is 3.58. The first-order chi connectivity index (χ1) is 9.31. The zero-order valence-electron chi connectivity index (χ0n) is 10.5. The molecule has 0 saturated carbocycles. The van der Waals surface area contributed by atoms with E-state index in [9.17, 15) is 0 Å². The highest BCUT2D eigenvalue weighted by Crippen LogP contribution is 2.23. The van der Waals surface area contributed by atoms with Gasteiger partial charge in [0.05, 0.1) is 5.69 Å². The van der Waals surface area contributed by atoms with Gasteiger partial charge in [-0.15, -0.1) is 11.3 Å². The van der Waals surface area contributed by atoms with E-state index in [0.29, 0.717) is 0 Å². The highest BCUT2D eigenvalue weighted by atomic mass is 32.1. The molecule has 1 aromatic carbocycles. The molecule has 0 aliphatic carbocycles. The third-order valence-electron chi connectivity index (χ3n) is 2.83. The van der Waals surface area contributed by atoms with E-state index in [1.165, 1.54) is 16.7 Å². The maximum absolute atomic E-state index is 4.64. The van der Waals surface area contributed by atoms with Crippen molar-refractivity contribution < 1.29 is 0 Å². The van der Waals surface area contributed by atoms with Gasteiger partial charge in [-0.25, -0.2) is 4.98 Å². The monoisotopic (exact) mass is 283 g/mol. The summed E-state index contributed by atoms with van der Waals surface area (Å²) in [6, 6.07) is 10.6. The van der Waals surface area contributed by atoms with Crippen molar-refractivity contribution in [2.75, 3.05) is 0 Å². The van der Waals surface area contributed by atoms with Crippen molar-refractivity contribution in [3.8, 4) is 11.3 Å². The summed E-state index contributed by atoms with van der Waals surface area (Å²) in [6.07, 6.45) is 4.18. The summed E-state index contributed by atoms with van der Waals surface area (Å²) >= 11 is 3.39. The fraction of sp³-hybridized carbons (Fsp3) is 0.0625. The number of aryl methyl sites for hydroxylation is 1. The van der Waals surface area contributed by atoms with Gasteiger partial charge in [-0.2, -0.15) is 11.3 Å². The van der Waals surface area contributed by atoms with E-state index in [-0.39, 0.29) is 0 Å². The molecule has 3 aromatic rings. The first kappa shape index (κ1) is 12.3. The molecule has 19 heavy (non-hydrogen) atoms. The van der Waals surface area contributed by atoms with Crippen LogP contribution in [0.2, 0.25) is 0 Å². The van der Waals surface area contributed by atoms with Crippen LogP contribution >= 0.6 is 22.7 Å². The van der Waals surface area contributed by atoms with Gasteiger partial charge in [0, 0.05) is 10.9 Å². The van der Waals surface area contributed by atoms with E-state index in [1.807, 2.05) is 0 Å². The van der Waals surface area contributed by atoms with Gasteiger partial charge in [0.15, 0.2) is 0 Å². The van der Waals surface area contributed by atoms with Crippen LogP contribution in [0.5, 0.6) is 0 Å². The van der Waals surface area contributed by atoms with Gasteiger partial charge < -0.3 is 0 Å². The standard InChI is InChI=1S/C16H13NS2/c1-12-2-5-14(6-3-12)15-11-19-16(17-15)7-4-13-8-9-18-10-13/h2-11H,1H3. The summed E-state index contributed by atoms with van der Waals surface area (Å²) in [7, 11) is 0. The molecule has 0 radical (unpaired) electrons. The summed E-state index contributed by atoms with van der Waals surface area (Å²) in [4.78, 5) is 4.64. The van der Waals surface area contributed by atoms with E-state index >= 15 is 0 Å². The van der Waals surface area contributed by atoms with E-state index in [0.717, 1.165) is 10.7 Å². The van der Waals surface area contributed by atoms with E-state index < -0.39 is 0 Å². The maximum Gasteiger partial charge on any atom is 0.116 e. The minimum atomic E-state index is 1.04. The predicted octanol–water partition coefficient (Wildman–Crippen LogP) is 5.35. The highest BCUT2D eigenvalue weighted by Gasteiger charge is 2.02. The van der Waals surface area contributed by atoms with Gasteiger partial charge >= 0.3 is 0 Å². The smallest absolute Gasteiger partial charge is 0.116 e. The molecule has 94 valence electrons. The summed E-state index contributed by atoms with van der Waals surface area (Å²) in [5.74, 6) is 0. The van der Waals surface area contributed by atoms with Crippen molar-refractivity contribution in [3.05, 3.63) is 62.6 Å². The zero-order valence-corrected chi connectivity index (χ0v) is 12.2. The molecule has 0 atom stereocenters. The summed E-state index contributed by atoms with van der Waals surface area (Å²) < 4.78 is 0. The van der Waals surface area contributed by atoms with Gasteiger partial charge in [-0.05, 0) is 35.4 Å². The second-order valence-electron chi connectivity index (χ2n) is 4.33. The number of hydrogen-bond acceptors (Lipinski definition) is 3. The summed E-state index contributed by atoms with van der Waals surface area (Å²) in [5, 5.41) is 7.36. The second-order valence-corrected chi connectivity index (χ2v) is 6.00. The van der Waals surface area contributed by atoms with Crippen LogP contribution in [-0.2, 0) is 0 Å². The Hall–Kier alpha value is -1.71. The van der Waals surface area contributed by atoms with Crippen molar-refractivity contribution in [2.45, 2.75) is 6.92 Å². The molecule has 0 fully saturated rings. The van der Waals surface area contributed by atoms with Crippen LogP contribution in [0.15, 0.2) is 46.5 Å². The van der Waals surface area contributed by atoms with E-state index in [2.05, 4.69) is 70.5 Å². The summed E-state index contributed by atoms with van der Waals surface area (Å²) in [6.45, 7) is 2.10. The number of thiazole rings is 1. The molecule has 0 amide bonds. The zero-order chi connectivity index (χ0) is 13.1. The van der Waals surface area contributed by atoms with Crippen molar-refractivity contribution >= 4 is 34.8 Å². The Balaban J connectivity index is 1.81. The van der Waals surface area contributed by atoms with E-state index in [1.54, 1.807) is 22.7 Å². The van der Waals surface area contributed by atoms with E-state index in [4.69, 9.17) is 0 Å². The Bertz CT molecular complexity index is 676. The van der Waals surface area contributed by atoms with Gasteiger partial charge in [0.25, 0.3) is 0 Å². The third kappa shape index (κ3) is 3.00. The molecule has 0 saturated heterocycles. The average Bonchev–Trinajstić information content (AvgIpc) is 3.09. The number of hydrogen-bond donors (Lipinski definition) is 0. The van der Waals surface area contributed by atoms with Crippen LogP contribution in [0.1, 0.15) is 16.1 Å². The van der Waals surface area contributed by atoms with Crippen molar-refractivity contribution in [1.29, 1.82) is 0 Å². The quantitative estimate of drug-likeness (QED) is 0.631. The molecule has 0 aliphatic rings. The minimum Gasteiger partial charge on any atom is -0.237 e. The Morgan fingerprint density at radius 2 is 1.84 bits per heavy atom. The first-order valence-electron chi connectivity index (χ1n) is 6.04. The fourth-order valence-electron chi connectivity index (χ4n) is 1.76. The molecule has 0 bridgehead atoms. The molecule has 0 aliphatic heterocycles. The van der Waals surface area contributed by atoms with Crippen LogP contribution < -0.4 is 0 Å². The molecule has 2 aromatic heterocycles. The summed E-state index contributed by atoms with van der Waals surface area (Å²) in [5.41, 5.74) is 4.74. The van der Waals surface area contributed by atoms with Crippen LogP contribution in [0, 0.1) is 6.92 Å². The highest BCUT2D eigenvalue weighted by molar-refractivity contribution is 7.11. The molecule has 2 heterocycles. The molecule has 3 heteroatoms. The molecular formula is C16H13NS2. The van der Waals surface area contributed by atoms with Gasteiger partial charge in [0.1, 0.15) is 5.01 Å². The Labute approximate surface area is 120 Å².